The van der Waals surface area contributed by atoms with Crippen molar-refractivity contribution in [2.75, 3.05) is 37.1 Å². The average Bonchev–Trinajstić information content (AvgIpc) is 2.80. The number of benzene rings is 1. The Balaban J connectivity index is 1.75. The molecule has 1 aromatic carbocycles. The van der Waals surface area contributed by atoms with E-state index in [1.165, 1.54) is 10.7 Å². The van der Waals surface area contributed by atoms with Crippen molar-refractivity contribution in [1.82, 2.24) is 14.6 Å². The van der Waals surface area contributed by atoms with Crippen LogP contribution in [0.15, 0.2) is 35.3 Å². The summed E-state index contributed by atoms with van der Waals surface area (Å²) in [5, 5.41) is 5.64. The summed E-state index contributed by atoms with van der Waals surface area (Å²) >= 11 is 0. The molecule has 182 valence electrons. The second-order valence-electron chi connectivity index (χ2n) is 8.87. The van der Waals surface area contributed by atoms with E-state index in [-0.39, 0.29) is 17.5 Å². The molecule has 34 heavy (non-hydrogen) atoms. The Morgan fingerprint density at radius 1 is 1.24 bits per heavy atom. The zero-order valence-electron chi connectivity index (χ0n) is 19.6. The maximum Gasteiger partial charge on any atom is 0.313 e. The first-order valence-corrected chi connectivity index (χ1v) is 11.4. The first-order chi connectivity index (χ1) is 16.3. The lowest BCUT2D eigenvalue weighted by Gasteiger charge is -2.25. The summed E-state index contributed by atoms with van der Waals surface area (Å²) in [7, 11) is 1.79. The molecule has 2 aromatic heterocycles. The number of aromatic nitrogens is 3. The van der Waals surface area contributed by atoms with Gasteiger partial charge in [0.05, 0.1) is 0 Å². The zero-order valence-corrected chi connectivity index (χ0v) is 19.6. The Morgan fingerprint density at radius 3 is 2.71 bits per heavy atom. The molecule has 1 N–H and O–H groups in total. The van der Waals surface area contributed by atoms with E-state index in [4.69, 9.17) is 9.47 Å². The Bertz CT molecular complexity index is 1210. The molecule has 0 saturated carbocycles. The number of rotatable bonds is 8. The summed E-state index contributed by atoms with van der Waals surface area (Å²) in [5.74, 6) is -1.13. The van der Waals surface area contributed by atoms with Gasteiger partial charge in [-0.1, -0.05) is 13.8 Å². The molecule has 1 aliphatic rings. The first-order valence-electron chi connectivity index (χ1n) is 11.4. The van der Waals surface area contributed by atoms with Crippen molar-refractivity contribution in [3.05, 3.63) is 52.5 Å². The molecule has 8 nitrogen and oxygen atoms in total. The minimum Gasteiger partial charge on any atom is -0.448 e. The molecule has 0 bridgehead atoms. The fraction of sp³-hybridized carbons (Fsp3) is 0.458. The van der Waals surface area contributed by atoms with Crippen LogP contribution >= 0.6 is 0 Å². The number of fused-ring (bicyclic) bond motifs is 1. The van der Waals surface area contributed by atoms with Gasteiger partial charge < -0.3 is 19.8 Å². The van der Waals surface area contributed by atoms with E-state index in [0.717, 1.165) is 31.4 Å². The zero-order chi connectivity index (χ0) is 24.2. The fourth-order valence-electron chi connectivity index (χ4n) is 3.76. The fourth-order valence-corrected chi connectivity index (χ4v) is 3.76. The van der Waals surface area contributed by atoms with Gasteiger partial charge in [0.25, 0.3) is 0 Å². The van der Waals surface area contributed by atoms with E-state index in [1.807, 2.05) is 0 Å². The minimum absolute atomic E-state index is 0.108. The molecule has 0 spiro atoms. The van der Waals surface area contributed by atoms with Gasteiger partial charge in [0.15, 0.2) is 23.0 Å². The van der Waals surface area contributed by atoms with E-state index >= 15 is 0 Å². The van der Waals surface area contributed by atoms with Crippen molar-refractivity contribution in [3.63, 3.8) is 0 Å². The lowest BCUT2D eigenvalue weighted by molar-refractivity contribution is 0.0903. The third-order valence-corrected chi connectivity index (χ3v) is 5.73. The van der Waals surface area contributed by atoms with Crippen molar-refractivity contribution in [1.29, 1.82) is 0 Å². The second kappa shape index (κ2) is 10.3. The van der Waals surface area contributed by atoms with Crippen LogP contribution in [0.4, 0.5) is 14.7 Å². The summed E-state index contributed by atoms with van der Waals surface area (Å²) in [6.07, 6.45) is 4.14. The van der Waals surface area contributed by atoms with Crippen LogP contribution in [0.2, 0.25) is 0 Å². The first kappa shape index (κ1) is 23.9. The molecule has 0 aliphatic carbocycles. The smallest absolute Gasteiger partial charge is 0.313 e. The van der Waals surface area contributed by atoms with Gasteiger partial charge in [0.1, 0.15) is 5.82 Å². The van der Waals surface area contributed by atoms with Gasteiger partial charge in [-0.2, -0.15) is 9.66 Å². The van der Waals surface area contributed by atoms with Crippen molar-refractivity contribution in [2.45, 2.75) is 39.2 Å². The number of halogens is 2. The molecule has 0 radical (unpaired) electrons. The van der Waals surface area contributed by atoms with Gasteiger partial charge in [0.2, 0.25) is 5.95 Å². The molecule has 3 aromatic rings. The molecule has 10 heteroatoms. The SMILES string of the molecule is CC(C)CCN(C)n1c(=O)c(Oc2ccc(F)cc2F)cc2cnc(NC3CCOCC3)nc21. The molecule has 3 heterocycles. The van der Waals surface area contributed by atoms with E-state index in [2.05, 4.69) is 29.1 Å². The minimum atomic E-state index is -0.897. The lowest BCUT2D eigenvalue weighted by atomic mass is 10.1. The number of nitrogens with zero attached hydrogens (tertiary/aromatic N) is 4. The van der Waals surface area contributed by atoms with Crippen LogP contribution < -0.4 is 20.6 Å². The van der Waals surface area contributed by atoms with Gasteiger partial charge in [-0.05, 0) is 43.4 Å². The van der Waals surface area contributed by atoms with E-state index < -0.39 is 17.2 Å². The van der Waals surface area contributed by atoms with E-state index in [9.17, 15) is 13.6 Å². The standard InChI is InChI=1S/C24H29F2N5O3/c1-15(2)6-9-30(3)31-22-16(14-27-24(29-22)28-18-7-10-33-11-8-18)12-21(23(31)32)34-20-5-4-17(25)13-19(20)26/h4-5,12-15,18H,6-11H2,1-3H3,(H,27,28,29). The van der Waals surface area contributed by atoms with Crippen LogP contribution in [0.1, 0.15) is 33.1 Å². The van der Waals surface area contributed by atoms with Crippen molar-refractivity contribution in [2.24, 2.45) is 5.92 Å². The third kappa shape index (κ3) is 5.44. The molecule has 0 amide bonds. The number of nitrogens with one attached hydrogen (secondary N) is 1. The highest BCUT2D eigenvalue weighted by Crippen LogP contribution is 2.25. The number of anilines is 1. The lowest BCUT2D eigenvalue weighted by Crippen LogP contribution is -2.41. The van der Waals surface area contributed by atoms with Crippen molar-refractivity contribution < 1.29 is 18.3 Å². The highest BCUT2D eigenvalue weighted by Gasteiger charge is 2.20. The third-order valence-electron chi connectivity index (χ3n) is 5.73. The maximum atomic E-state index is 14.2. The Labute approximate surface area is 196 Å². The second-order valence-corrected chi connectivity index (χ2v) is 8.87. The number of pyridine rings is 1. The predicted octanol–water partition coefficient (Wildman–Crippen LogP) is 4.07. The van der Waals surface area contributed by atoms with Crippen molar-refractivity contribution >= 4 is 17.0 Å². The van der Waals surface area contributed by atoms with Gasteiger partial charge in [-0.15, -0.1) is 0 Å². The van der Waals surface area contributed by atoms with Crippen LogP contribution in [-0.2, 0) is 4.74 Å². The van der Waals surface area contributed by atoms with Crippen molar-refractivity contribution in [3.8, 4) is 11.5 Å². The highest BCUT2D eigenvalue weighted by atomic mass is 19.1. The van der Waals surface area contributed by atoms with Gasteiger partial charge >= 0.3 is 5.56 Å². The molecule has 4 rings (SSSR count). The Morgan fingerprint density at radius 2 is 2.00 bits per heavy atom. The maximum absolute atomic E-state index is 14.2. The monoisotopic (exact) mass is 473 g/mol. The summed E-state index contributed by atoms with van der Waals surface area (Å²) < 4.78 is 39.9. The topological polar surface area (TPSA) is 81.5 Å². The van der Waals surface area contributed by atoms with Crippen LogP contribution in [-0.4, -0.2) is 47.5 Å². The summed E-state index contributed by atoms with van der Waals surface area (Å²) in [6.45, 7) is 6.14. The highest BCUT2D eigenvalue weighted by molar-refractivity contribution is 5.77. The Kier molecular flexibility index (Phi) is 7.26. The summed E-state index contributed by atoms with van der Waals surface area (Å²) in [5.41, 5.74) is -0.0917. The van der Waals surface area contributed by atoms with Crippen LogP contribution in [0.3, 0.4) is 0 Å². The average molecular weight is 474 g/mol. The molecule has 1 aliphatic heterocycles. The van der Waals surface area contributed by atoms with Crippen LogP contribution in [0, 0.1) is 17.6 Å². The number of hydrogen-bond donors (Lipinski definition) is 1. The molecule has 1 saturated heterocycles. The van der Waals surface area contributed by atoms with Gasteiger partial charge in [0, 0.05) is 50.5 Å². The molecule has 1 fully saturated rings. The number of hydrogen-bond acceptors (Lipinski definition) is 7. The van der Waals surface area contributed by atoms with Crippen LogP contribution in [0.25, 0.3) is 11.0 Å². The normalized spacial score (nSPS) is 14.5. The number of ether oxygens (including phenoxy) is 2. The predicted molar refractivity (Wildman–Crippen MR) is 126 cm³/mol. The molecular formula is C24H29F2N5O3. The molecular weight excluding hydrogens is 444 g/mol. The Hall–Kier alpha value is -3.27. The largest absolute Gasteiger partial charge is 0.448 e. The quantitative estimate of drug-likeness (QED) is 0.528. The molecule has 0 unspecified atom stereocenters. The van der Waals surface area contributed by atoms with Crippen LogP contribution in [0.5, 0.6) is 11.5 Å². The van der Waals surface area contributed by atoms with Gasteiger partial charge in [-0.25, -0.2) is 13.8 Å². The molecule has 0 atom stereocenters. The summed E-state index contributed by atoms with van der Waals surface area (Å²) in [6, 6.07) is 4.60. The summed E-state index contributed by atoms with van der Waals surface area (Å²) in [4.78, 5) is 22.5. The van der Waals surface area contributed by atoms with E-state index in [1.54, 1.807) is 18.3 Å². The van der Waals surface area contributed by atoms with Gasteiger partial charge in [-0.3, -0.25) is 4.79 Å². The van der Waals surface area contributed by atoms with E-state index in [0.29, 0.717) is 48.7 Å².